The van der Waals surface area contributed by atoms with Crippen LogP contribution in [-0.4, -0.2) is 28.5 Å². The summed E-state index contributed by atoms with van der Waals surface area (Å²) in [5, 5.41) is 8.90. The third kappa shape index (κ3) is 3.97. The largest absolute Gasteiger partial charge is 0.383 e. The Morgan fingerprint density at radius 1 is 1.22 bits per heavy atom. The molecule has 0 aliphatic heterocycles. The summed E-state index contributed by atoms with van der Waals surface area (Å²) in [5.41, 5.74) is 3.21. The fraction of sp³-hybridized carbons (Fsp3) is 0.294. The lowest BCUT2D eigenvalue weighted by Crippen LogP contribution is -2.04. The first-order valence-electron chi connectivity index (χ1n) is 7.54. The van der Waals surface area contributed by atoms with Crippen LogP contribution in [0.3, 0.4) is 0 Å². The topological polar surface area (TPSA) is 52.0 Å². The Morgan fingerprint density at radius 3 is 2.83 bits per heavy atom. The van der Waals surface area contributed by atoms with Crippen molar-refractivity contribution in [1.82, 2.24) is 14.8 Å². The first-order chi connectivity index (χ1) is 11.3. The van der Waals surface area contributed by atoms with Gasteiger partial charge in [-0.2, -0.15) is 5.10 Å². The van der Waals surface area contributed by atoms with E-state index in [1.165, 1.54) is 5.56 Å². The molecule has 0 saturated heterocycles. The van der Waals surface area contributed by atoms with E-state index in [1.54, 1.807) is 18.4 Å². The summed E-state index contributed by atoms with van der Waals surface area (Å²) in [6.45, 7) is 4.21. The highest BCUT2D eigenvalue weighted by atomic mass is 32.1. The van der Waals surface area contributed by atoms with Crippen molar-refractivity contribution in [1.29, 1.82) is 0 Å². The number of nitrogens with zero attached hydrogens (tertiary/aromatic N) is 3. The van der Waals surface area contributed by atoms with Gasteiger partial charge in [0.25, 0.3) is 0 Å². The number of aryl methyl sites for hydroxylation is 1. The number of nitrogens with one attached hydrogen (secondary N) is 1. The van der Waals surface area contributed by atoms with Crippen LogP contribution in [0.25, 0.3) is 10.6 Å². The molecule has 0 fully saturated rings. The van der Waals surface area contributed by atoms with Crippen molar-refractivity contribution >= 4 is 16.5 Å². The summed E-state index contributed by atoms with van der Waals surface area (Å²) >= 11 is 1.64. The Morgan fingerprint density at radius 2 is 2.04 bits per heavy atom. The molecule has 0 radical (unpaired) electrons. The predicted molar refractivity (Wildman–Crippen MR) is 93.7 cm³/mol. The van der Waals surface area contributed by atoms with Crippen molar-refractivity contribution in [3.63, 3.8) is 0 Å². The van der Waals surface area contributed by atoms with Gasteiger partial charge in [-0.3, -0.25) is 4.68 Å². The monoisotopic (exact) mass is 328 g/mol. The molecule has 0 amide bonds. The minimum Gasteiger partial charge on any atom is -0.383 e. The molecule has 5 nitrogen and oxygen atoms in total. The molecule has 0 saturated carbocycles. The van der Waals surface area contributed by atoms with Crippen molar-refractivity contribution in [2.75, 3.05) is 19.0 Å². The zero-order chi connectivity index (χ0) is 16.1. The van der Waals surface area contributed by atoms with Crippen LogP contribution in [-0.2, 0) is 17.8 Å². The SMILES string of the molecule is COCCn1ccc(-c2sc(NCc3ccccc3)nc2C)n1. The third-order valence-electron chi connectivity index (χ3n) is 3.48. The summed E-state index contributed by atoms with van der Waals surface area (Å²) in [6, 6.07) is 12.3. The Balaban J connectivity index is 1.69. The lowest BCUT2D eigenvalue weighted by atomic mass is 10.2. The summed E-state index contributed by atoms with van der Waals surface area (Å²) in [5.74, 6) is 0. The van der Waals surface area contributed by atoms with Gasteiger partial charge >= 0.3 is 0 Å². The van der Waals surface area contributed by atoms with Gasteiger partial charge in [-0.15, -0.1) is 0 Å². The number of aromatic nitrogens is 3. The van der Waals surface area contributed by atoms with Gasteiger partial charge in [0, 0.05) is 19.9 Å². The van der Waals surface area contributed by atoms with Gasteiger partial charge in [0.2, 0.25) is 0 Å². The highest BCUT2D eigenvalue weighted by Crippen LogP contribution is 2.31. The molecule has 3 aromatic rings. The zero-order valence-electron chi connectivity index (χ0n) is 13.3. The fourth-order valence-corrected chi connectivity index (χ4v) is 3.20. The van der Waals surface area contributed by atoms with E-state index in [2.05, 4.69) is 27.5 Å². The highest BCUT2D eigenvalue weighted by molar-refractivity contribution is 7.19. The van der Waals surface area contributed by atoms with E-state index in [4.69, 9.17) is 4.74 Å². The second-order valence-electron chi connectivity index (χ2n) is 5.23. The minimum atomic E-state index is 0.659. The third-order valence-corrected chi connectivity index (χ3v) is 4.62. The van der Waals surface area contributed by atoms with Gasteiger partial charge in [-0.1, -0.05) is 41.7 Å². The molecule has 0 atom stereocenters. The van der Waals surface area contributed by atoms with Crippen LogP contribution in [0.1, 0.15) is 11.3 Å². The molecule has 0 aliphatic carbocycles. The van der Waals surface area contributed by atoms with Crippen LogP contribution >= 0.6 is 11.3 Å². The van der Waals surface area contributed by atoms with E-state index in [-0.39, 0.29) is 0 Å². The van der Waals surface area contributed by atoms with Crippen molar-refractivity contribution in [2.24, 2.45) is 0 Å². The van der Waals surface area contributed by atoms with E-state index in [0.717, 1.165) is 34.5 Å². The number of thiazole rings is 1. The molecule has 3 rings (SSSR count). The average Bonchev–Trinajstić information content (AvgIpc) is 3.18. The summed E-state index contributed by atoms with van der Waals surface area (Å²) in [6.07, 6.45) is 1.98. The van der Waals surface area contributed by atoms with Crippen LogP contribution in [0.15, 0.2) is 42.6 Å². The van der Waals surface area contributed by atoms with Gasteiger partial charge in [0.1, 0.15) is 5.69 Å². The average molecular weight is 328 g/mol. The van der Waals surface area contributed by atoms with E-state index in [1.807, 2.05) is 42.1 Å². The lowest BCUT2D eigenvalue weighted by molar-refractivity contribution is 0.183. The Kier molecular flexibility index (Phi) is 5.05. The maximum atomic E-state index is 5.08. The molecule has 2 heterocycles. The number of hydrogen-bond donors (Lipinski definition) is 1. The lowest BCUT2D eigenvalue weighted by Gasteiger charge is -2.01. The Labute approximate surface area is 140 Å². The smallest absolute Gasteiger partial charge is 0.183 e. The molecular weight excluding hydrogens is 308 g/mol. The quantitative estimate of drug-likeness (QED) is 0.720. The molecule has 0 bridgehead atoms. The molecule has 6 heteroatoms. The first-order valence-corrected chi connectivity index (χ1v) is 8.36. The molecule has 2 aromatic heterocycles. The van der Waals surface area contributed by atoms with E-state index >= 15 is 0 Å². The normalized spacial score (nSPS) is 10.9. The fourth-order valence-electron chi connectivity index (χ4n) is 2.28. The molecule has 0 unspecified atom stereocenters. The van der Waals surface area contributed by atoms with Crippen LogP contribution in [0.5, 0.6) is 0 Å². The summed E-state index contributed by atoms with van der Waals surface area (Å²) in [7, 11) is 1.70. The van der Waals surface area contributed by atoms with Crippen molar-refractivity contribution in [3.05, 3.63) is 53.9 Å². The van der Waals surface area contributed by atoms with Crippen molar-refractivity contribution in [3.8, 4) is 10.6 Å². The van der Waals surface area contributed by atoms with Gasteiger partial charge in [0.05, 0.1) is 23.7 Å². The maximum absolute atomic E-state index is 5.08. The first kappa shape index (κ1) is 15.7. The maximum Gasteiger partial charge on any atom is 0.183 e. The van der Waals surface area contributed by atoms with Gasteiger partial charge < -0.3 is 10.1 Å². The zero-order valence-corrected chi connectivity index (χ0v) is 14.1. The van der Waals surface area contributed by atoms with E-state index < -0.39 is 0 Å². The number of hydrogen-bond acceptors (Lipinski definition) is 5. The molecule has 0 spiro atoms. The molecular formula is C17H20N4OS. The number of methoxy groups -OCH3 is 1. The predicted octanol–water partition coefficient (Wildman–Crippen LogP) is 3.57. The number of benzene rings is 1. The molecule has 23 heavy (non-hydrogen) atoms. The van der Waals surface area contributed by atoms with Gasteiger partial charge in [0.15, 0.2) is 5.13 Å². The summed E-state index contributed by atoms with van der Waals surface area (Å²) < 4.78 is 6.98. The molecule has 0 aliphatic rings. The standard InChI is InChI=1S/C17H20N4OS/c1-13-16(15-8-9-21(20-15)10-11-22-2)23-17(19-13)18-12-14-6-4-3-5-7-14/h3-9H,10-12H2,1-2H3,(H,18,19). The summed E-state index contributed by atoms with van der Waals surface area (Å²) in [4.78, 5) is 5.72. The van der Waals surface area contributed by atoms with E-state index in [0.29, 0.717) is 6.61 Å². The van der Waals surface area contributed by atoms with E-state index in [9.17, 15) is 0 Å². The van der Waals surface area contributed by atoms with Crippen LogP contribution < -0.4 is 5.32 Å². The minimum absolute atomic E-state index is 0.659. The van der Waals surface area contributed by atoms with Crippen LogP contribution in [0, 0.1) is 6.92 Å². The number of anilines is 1. The van der Waals surface area contributed by atoms with Gasteiger partial charge in [-0.25, -0.2) is 4.98 Å². The van der Waals surface area contributed by atoms with Crippen LogP contribution in [0.2, 0.25) is 0 Å². The van der Waals surface area contributed by atoms with Crippen LogP contribution in [0.4, 0.5) is 5.13 Å². The van der Waals surface area contributed by atoms with Gasteiger partial charge in [-0.05, 0) is 18.6 Å². The molecule has 1 aromatic carbocycles. The number of rotatable bonds is 7. The molecule has 120 valence electrons. The van der Waals surface area contributed by atoms with Crippen molar-refractivity contribution < 1.29 is 4.74 Å². The Hall–Kier alpha value is -2.18. The van der Waals surface area contributed by atoms with Crippen molar-refractivity contribution in [2.45, 2.75) is 20.0 Å². The highest BCUT2D eigenvalue weighted by Gasteiger charge is 2.12. The second-order valence-corrected chi connectivity index (χ2v) is 6.23. The number of ether oxygens (including phenoxy) is 1. The molecule has 1 N–H and O–H groups in total. The second kappa shape index (κ2) is 7.39. The Bertz CT molecular complexity index is 751.